The first-order valence-corrected chi connectivity index (χ1v) is 9.32. The zero-order valence-corrected chi connectivity index (χ0v) is 16.2. The number of hydrogen-bond donors (Lipinski definition) is 2. The summed E-state index contributed by atoms with van der Waals surface area (Å²) in [4.78, 5) is 24.1. The molecule has 2 aromatic heterocycles. The number of nitrogens with one attached hydrogen (secondary N) is 2. The normalized spacial score (nSPS) is 10.5. The van der Waals surface area contributed by atoms with Gasteiger partial charge in [-0.25, -0.2) is 0 Å². The number of ether oxygens (including phenoxy) is 1. The Morgan fingerprint density at radius 2 is 2.11 bits per heavy atom. The number of anilines is 1. The Balaban J connectivity index is 1.51. The van der Waals surface area contributed by atoms with Gasteiger partial charge >= 0.3 is 0 Å². The molecule has 0 atom stereocenters. The fourth-order valence-corrected chi connectivity index (χ4v) is 3.04. The molecule has 10 heteroatoms. The highest BCUT2D eigenvalue weighted by atomic mass is 32.2. The molecule has 0 radical (unpaired) electrons. The van der Waals surface area contributed by atoms with Crippen molar-refractivity contribution in [3.63, 3.8) is 0 Å². The quantitative estimate of drug-likeness (QED) is 0.556. The molecule has 1 aromatic carbocycles. The minimum Gasteiger partial charge on any atom is -0.497 e. The lowest BCUT2D eigenvalue weighted by atomic mass is 10.3. The zero-order chi connectivity index (χ0) is 19.9. The maximum Gasteiger partial charge on any atom is 0.287 e. The molecule has 0 saturated carbocycles. The van der Waals surface area contributed by atoms with Gasteiger partial charge in [0.05, 0.1) is 25.7 Å². The number of aromatic nitrogens is 3. The summed E-state index contributed by atoms with van der Waals surface area (Å²) >= 11 is 1.25. The standard InChI is InChI=1S/C18H19N5O4S/c1-23-15(10-19-17(25)14-7-4-8-27-14)21-22-18(23)28-11-16(24)20-12-5-3-6-13(9-12)26-2/h3-9H,10-11H2,1-2H3,(H,19,25)(H,20,24). The summed E-state index contributed by atoms with van der Waals surface area (Å²) in [6, 6.07) is 10.3. The first-order valence-electron chi connectivity index (χ1n) is 8.33. The third kappa shape index (κ3) is 4.92. The molecule has 0 aliphatic rings. The molecular weight excluding hydrogens is 382 g/mol. The van der Waals surface area contributed by atoms with Gasteiger partial charge in [0.2, 0.25) is 5.91 Å². The molecular formula is C18H19N5O4S. The maximum absolute atomic E-state index is 12.2. The van der Waals surface area contributed by atoms with Gasteiger partial charge in [0.1, 0.15) is 5.75 Å². The van der Waals surface area contributed by atoms with Crippen molar-refractivity contribution >= 4 is 29.3 Å². The second-order valence-electron chi connectivity index (χ2n) is 5.69. The number of thioether (sulfide) groups is 1. The lowest BCUT2D eigenvalue weighted by Crippen LogP contribution is -2.24. The second kappa shape index (κ2) is 9.09. The molecule has 0 spiro atoms. The fraction of sp³-hybridized carbons (Fsp3) is 0.222. The van der Waals surface area contributed by atoms with Crippen molar-refractivity contribution in [1.82, 2.24) is 20.1 Å². The number of nitrogens with zero attached hydrogens (tertiary/aromatic N) is 3. The van der Waals surface area contributed by atoms with Crippen LogP contribution in [0.3, 0.4) is 0 Å². The highest BCUT2D eigenvalue weighted by molar-refractivity contribution is 7.99. The van der Waals surface area contributed by atoms with Gasteiger partial charge in [-0.05, 0) is 24.3 Å². The van der Waals surface area contributed by atoms with Crippen LogP contribution in [-0.2, 0) is 18.4 Å². The fourth-order valence-electron chi connectivity index (χ4n) is 2.31. The molecule has 146 valence electrons. The highest BCUT2D eigenvalue weighted by Crippen LogP contribution is 2.19. The van der Waals surface area contributed by atoms with Crippen LogP contribution in [0.15, 0.2) is 52.2 Å². The van der Waals surface area contributed by atoms with Gasteiger partial charge in [-0.1, -0.05) is 17.8 Å². The number of rotatable bonds is 8. The predicted octanol–water partition coefficient (Wildman–Crippen LogP) is 2.08. The minimum absolute atomic E-state index is 0.169. The van der Waals surface area contributed by atoms with Crippen molar-refractivity contribution in [3.05, 3.63) is 54.2 Å². The third-order valence-electron chi connectivity index (χ3n) is 3.76. The van der Waals surface area contributed by atoms with Crippen molar-refractivity contribution in [2.24, 2.45) is 7.05 Å². The molecule has 0 aliphatic carbocycles. The van der Waals surface area contributed by atoms with E-state index < -0.39 is 0 Å². The number of methoxy groups -OCH3 is 1. The van der Waals surface area contributed by atoms with Crippen LogP contribution in [0.5, 0.6) is 5.75 Å². The van der Waals surface area contributed by atoms with Crippen molar-refractivity contribution in [2.75, 3.05) is 18.2 Å². The van der Waals surface area contributed by atoms with E-state index in [1.165, 1.54) is 18.0 Å². The smallest absolute Gasteiger partial charge is 0.287 e. The van der Waals surface area contributed by atoms with E-state index in [0.29, 0.717) is 22.4 Å². The molecule has 9 nitrogen and oxygen atoms in total. The van der Waals surface area contributed by atoms with Gasteiger partial charge in [0.15, 0.2) is 16.7 Å². The summed E-state index contributed by atoms with van der Waals surface area (Å²) in [5, 5.41) is 14.2. The van der Waals surface area contributed by atoms with Crippen molar-refractivity contribution in [2.45, 2.75) is 11.7 Å². The molecule has 2 heterocycles. The molecule has 0 aliphatic heterocycles. The van der Waals surface area contributed by atoms with Crippen LogP contribution in [0.1, 0.15) is 16.4 Å². The van der Waals surface area contributed by atoms with Crippen LogP contribution in [0.2, 0.25) is 0 Å². The van der Waals surface area contributed by atoms with Crippen molar-refractivity contribution in [3.8, 4) is 5.75 Å². The lowest BCUT2D eigenvalue weighted by Gasteiger charge is -2.07. The summed E-state index contributed by atoms with van der Waals surface area (Å²) in [5.41, 5.74) is 0.657. The van der Waals surface area contributed by atoms with Crippen molar-refractivity contribution < 1.29 is 18.7 Å². The average Bonchev–Trinajstić information content (AvgIpc) is 3.35. The molecule has 0 saturated heterocycles. The van der Waals surface area contributed by atoms with E-state index in [4.69, 9.17) is 9.15 Å². The summed E-state index contributed by atoms with van der Waals surface area (Å²) < 4.78 is 11.9. The Labute approximate surface area is 165 Å². The molecule has 0 fully saturated rings. The van der Waals surface area contributed by atoms with Gasteiger partial charge in [0, 0.05) is 18.8 Å². The van der Waals surface area contributed by atoms with E-state index in [9.17, 15) is 9.59 Å². The summed E-state index contributed by atoms with van der Waals surface area (Å²) in [6.07, 6.45) is 1.43. The second-order valence-corrected chi connectivity index (χ2v) is 6.63. The first-order chi connectivity index (χ1) is 13.6. The van der Waals surface area contributed by atoms with Gasteiger partial charge in [-0.15, -0.1) is 10.2 Å². The van der Waals surface area contributed by atoms with E-state index in [-0.39, 0.29) is 29.9 Å². The molecule has 3 aromatic rings. The Kier molecular flexibility index (Phi) is 6.33. The zero-order valence-electron chi connectivity index (χ0n) is 15.3. The Bertz CT molecular complexity index is 955. The van der Waals surface area contributed by atoms with Gasteiger partial charge in [-0.3, -0.25) is 9.59 Å². The van der Waals surface area contributed by atoms with E-state index in [1.54, 1.807) is 55.1 Å². The van der Waals surface area contributed by atoms with E-state index >= 15 is 0 Å². The van der Waals surface area contributed by atoms with E-state index in [1.807, 2.05) is 0 Å². The number of benzene rings is 1. The SMILES string of the molecule is COc1cccc(NC(=O)CSc2nnc(CNC(=O)c3ccco3)n2C)c1. The maximum atomic E-state index is 12.2. The third-order valence-corrected chi connectivity index (χ3v) is 4.78. The van der Waals surface area contributed by atoms with Crippen LogP contribution in [0, 0.1) is 0 Å². The molecule has 28 heavy (non-hydrogen) atoms. The highest BCUT2D eigenvalue weighted by Gasteiger charge is 2.14. The van der Waals surface area contributed by atoms with Crippen molar-refractivity contribution in [1.29, 1.82) is 0 Å². The molecule has 0 unspecified atom stereocenters. The summed E-state index contributed by atoms with van der Waals surface area (Å²) in [5.74, 6) is 1.12. The number of hydrogen-bond acceptors (Lipinski definition) is 7. The van der Waals surface area contributed by atoms with Gasteiger partial charge in [-0.2, -0.15) is 0 Å². The number of carbonyl (C=O) groups excluding carboxylic acids is 2. The predicted molar refractivity (Wildman–Crippen MR) is 103 cm³/mol. The topological polar surface area (TPSA) is 111 Å². The van der Waals surface area contributed by atoms with E-state index in [0.717, 1.165) is 0 Å². The summed E-state index contributed by atoms with van der Waals surface area (Å²) in [7, 11) is 3.34. The lowest BCUT2D eigenvalue weighted by molar-refractivity contribution is -0.113. The van der Waals surface area contributed by atoms with E-state index in [2.05, 4.69) is 20.8 Å². The molecule has 3 rings (SSSR count). The van der Waals surface area contributed by atoms with Crippen LogP contribution >= 0.6 is 11.8 Å². The molecule has 0 bridgehead atoms. The monoisotopic (exact) mass is 401 g/mol. The van der Waals surface area contributed by atoms with Gasteiger partial charge < -0.3 is 24.4 Å². The van der Waals surface area contributed by atoms with Crippen LogP contribution < -0.4 is 15.4 Å². The Morgan fingerprint density at radius 1 is 1.25 bits per heavy atom. The number of furan rings is 1. The van der Waals surface area contributed by atoms with Gasteiger partial charge in [0.25, 0.3) is 5.91 Å². The number of amides is 2. The number of carbonyl (C=O) groups is 2. The molecule has 2 amide bonds. The molecule has 2 N–H and O–H groups in total. The van der Waals surface area contributed by atoms with Crippen LogP contribution in [0.25, 0.3) is 0 Å². The van der Waals surface area contributed by atoms with Crippen LogP contribution in [0.4, 0.5) is 5.69 Å². The average molecular weight is 401 g/mol. The minimum atomic E-state index is -0.333. The van der Waals surface area contributed by atoms with Crippen LogP contribution in [-0.4, -0.2) is 39.4 Å². The summed E-state index contributed by atoms with van der Waals surface area (Å²) in [6.45, 7) is 0.194. The largest absolute Gasteiger partial charge is 0.497 e. The Morgan fingerprint density at radius 3 is 2.86 bits per heavy atom. The Hall–Kier alpha value is -3.27. The first kappa shape index (κ1) is 19.5.